The van der Waals surface area contributed by atoms with Crippen LogP contribution in [-0.2, 0) is 0 Å². The van der Waals surface area contributed by atoms with E-state index in [1.165, 1.54) is 3.61 Å². The summed E-state index contributed by atoms with van der Waals surface area (Å²) in [5.41, 5.74) is 1.16. The van der Waals surface area contributed by atoms with Crippen molar-refractivity contribution in [2.75, 3.05) is 6.61 Å². The third kappa shape index (κ3) is 4.02. The maximum atomic E-state index is 9.41. The first-order valence-electron chi connectivity index (χ1n) is 5.48. The van der Waals surface area contributed by atoms with E-state index in [2.05, 4.69) is 42.5 Å². The average Bonchev–Trinajstić information content (AvgIpc) is 2.40. The third-order valence-electron chi connectivity index (χ3n) is 2.28. The number of aliphatic hydroxyl groups excluding tert-OH is 1. The standard InChI is InChI=1S/C15H14OTe/c16-12-15(11-13-7-3-1-4-8-13)17-14-9-5-2-6-10-14/h1-11,16H,12H2/b15-11-. The van der Waals surface area contributed by atoms with Crippen molar-refractivity contribution in [3.63, 3.8) is 0 Å². The van der Waals surface area contributed by atoms with E-state index < -0.39 is 20.9 Å². The van der Waals surface area contributed by atoms with Gasteiger partial charge in [0.25, 0.3) is 0 Å². The zero-order valence-electron chi connectivity index (χ0n) is 9.41. The molecule has 0 aliphatic rings. The molecule has 2 aromatic carbocycles. The van der Waals surface area contributed by atoms with Crippen LogP contribution >= 0.6 is 0 Å². The summed E-state index contributed by atoms with van der Waals surface area (Å²) in [6.07, 6.45) is 2.11. The van der Waals surface area contributed by atoms with Gasteiger partial charge >= 0.3 is 112 Å². The van der Waals surface area contributed by atoms with Gasteiger partial charge in [-0.15, -0.1) is 0 Å². The molecule has 0 aliphatic carbocycles. The predicted octanol–water partition coefficient (Wildman–Crippen LogP) is 2.05. The van der Waals surface area contributed by atoms with E-state index in [0.29, 0.717) is 0 Å². The number of aliphatic hydroxyl groups is 1. The summed E-state index contributed by atoms with van der Waals surface area (Å²) < 4.78 is 2.52. The fraction of sp³-hybridized carbons (Fsp3) is 0.0667. The molecule has 0 saturated heterocycles. The van der Waals surface area contributed by atoms with Crippen LogP contribution < -0.4 is 3.61 Å². The fourth-order valence-electron chi connectivity index (χ4n) is 1.48. The van der Waals surface area contributed by atoms with Crippen molar-refractivity contribution in [2.45, 2.75) is 0 Å². The Labute approximate surface area is 112 Å². The Morgan fingerprint density at radius 1 is 0.941 bits per heavy atom. The van der Waals surface area contributed by atoms with Crippen molar-refractivity contribution in [3.05, 3.63) is 69.8 Å². The maximum absolute atomic E-state index is 9.41. The molecule has 0 radical (unpaired) electrons. The summed E-state index contributed by atoms with van der Waals surface area (Å²) in [4.78, 5) is 0. The average molecular weight is 338 g/mol. The number of hydrogen-bond donors (Lipinski definition) is 1. The van der Waals surface area contributed by atoms with Crippen molar-refractivity contribution >= 4 is 30.6 Å². The Morgan fingerprint density at radius 2 is 1.53 bits per heavy atom. The number of benzene rings is 2. The minimum absolute atomic E-state index is 0.159. The van der Waals surface area contributed by atoms with Crippen LogP contribution in [0.4, 0.5) is 0 Å². The van der Waals surface area contributed by atoms with E-state index in [1.807, 2.05) is 24.3 Å². The Morgan fingerprint density at radius 3 is 2.12 bits per heavy atom. The fourth-order valence-corrected chi connectivity index (χ4v) is 3.92. The van der Waals surface area contributed by atoms with Gasteiger partial charge < -0.3 is 0 Å². The molecule has 0 unspecified atom stereocenters. The molecule has 0 aromatic heterocycles. The van der Waals surface area contributed by atoms with Crippen molar-refractivity contribution in [3.8, 4) is 0 Å². The van der Waals surface area contributed by atoms with Crippen LogP contribution in [0.25, 0.3) is 6.08 Å². The molecule has 86 valence electrons. The van der Waals surface area contributed by atoms with E-state index in [9.17, 15) is 5.11 Å². The SMILES string of the molecule is OC/C(=C/c1ccccc1)[Te]c1ccccc1. The van der Waals surface area contributed by atoms with Gasteiger partial charge in [0, 0.05) is 0 Å². The van der Waals surface area contributed by atoms with Crippen LogP contribution in [-0.4, -0.2) is 32.6 Å². The molecule has 17 heavy (non-hydrogen) atoms. The first kappa shape index (κ1) is 12.4. The second kappa shape index (κ2) is 6.61. The van der Waals surface area contributed by atoms with Gasteiger partial charge in [0.05, 0.1) is 0 Å². The second-order valence-corrected chi connectivity index (χ2v) is 7.02. The normalized spacial score (nSPS) is 11.5. The molecule has 2 rings (SSSR count). The van der Waals surface area contributed by atoms with Gasteiger partial charge in [-0.2, -0.15) is 0 Å². The second-order valence-electron chi connectivity index (χ2n) is 3.59. The Hall–Kier alpha value is -1.07. The van der Waals surface area contributed by atoms with E-state index >= 15 is 0 Å². The molecule has 1 nitrogen and oxygen atoms in total. The quantitative estimate of drug-likeness (QED) is 0.847. The van der Waals surface area contributed by atoms with E-state index in [0.717, 1.165) is 9.18 Å². The molecule has 0 aliphatic heterocycles. The molecule has 2 heteroatoms. The summed E-state index contributed by atoms with van der Waals surface area (Å²) in [6, 6.07) is 20.6. The van der Waals surface area contributed by atoms with E-state index in [-0.39, 0.29) is 6.61 Å². The third-order valence-corrected chi connectivity index (χ3v) is 5.18. The summed E-state index contributed by atoms with van der Waals surface area (Å²) in [5, 5.41) is 9.41. The summed E-state index contributed by atoms with van der Waals surface area (Å²) in [5.74, 6) is 0. The molecule has 0 saturated carbocycles. The van der Waals surface area contributed by atoms with Crippen LogP contribution in [0, 0.1) is 0 Å². The van der Waals surface area contributed by atoms with E-state index in [1.54, 1.807) is 0 Å². The van der Waals surface area contributed by atoms with Gasteiger partial charge in [0.2, 0.25) is 0 Å². The Bertz CT molecular complexity index is 477. The van der Waals surface area contributed by atoms with Gasteiger partial charge in [-0.1, -0.05) is 0 Å². The molecule has 2 aromatic rings. The molecule has 0 heterocycles. The zero-order valence-corrected chi connectivity index (χ0v) is 11.7. The van der Waals surface area contributed by atoms with Crippen LogP contribution in [0.2, 0.25) is 0 Å². The summed E-state index contributed by atoms with van der Waals surface area (Å²) >= 11 is -0.445. The van der Waals surface area contributed by atoms with Crippen molar-refractivity contribution in [1.82, 2.24) is 0 Å². The summed E-state index contributed by atoms with van der Waals surface area (Å²) in [7, 11) is 0. The first-order valence-corrected chi connectivity index (χ1v) is 7.81. The molecule has 1 N–H and O–H groups in total. The van der Waals surface area contributed by atoms with Gasteiger partial charge in [0.15, 0.2) is 0 Å². The van der Waals surface area contributed by atoms with Crippen LogP contribution in [0.3, 0.4) is 0 Å². The topological polar surface area (TPSA) is 20.2 Å². The van der Waals surface area contributed by atoms with Crippen LogP contribution in [0.15, 0.2) is 64.3 Å². The molecule has 0 fully saturated rings. The number of hydrogen-bond acceptors (Lipinski definition) is 1. The Balaban J connectivity index is 2.15. The Kier molecular flexibility index (Phi) is 4.82. The van der Waals surface area contributed by atoms with Crippen molar-refractivity contribution in [1.29, 1.82) is 0 Å². The van der Waals surface area contributed by atoms with Crippen molar-refractivity contribution in [2.24, 2.45) is 0 Å². The van der Waals surface area contributed by atoms with Gasteiger partial charge in [-0.05, 0) is 0 Å². The first-order chi connectivity index (χ1) is 8.38. The minimum atomic E-state index is -0.445. The van der Waals surface area contributed by atoms with Gasteiger partial charge in [-0.3, -0.25) is 0 Å². The van der Waals surface area contributed by atoms with Gasteiger partial charge in [0.1, 0.15) is 0 Å². The van der Waals surface area contributed by atoms with Crippen LogP contribution in [0.5, 0.6) is 0 Å². The monoisotopic (exact) mass is 340 g/mol. The molecule has 0 bridgehead atoms. The molecule has 0 amide bonds. The van der Waals surface area contributed by atoms with Gasteiger partial charge in [-0.25, -0.2) is 0 Å². The number of rotatable bonds is 4. The van der Waals surface area contributed by atoms with Crippen LogP contribution in [0.1, 0.15) is 5.56 Å². The molecular weight excluding hydrogens is 324 g/mol. The zero-order chi connectivity index (χ0) is 11.9. The predicted molar refractivity (Wildman–Crippen MR) is 73.3 cm³/mol. The molecule has 0 atom stereocenters. The molecule has 0 spiro atoms. The van der Waals surface area contributed by atoms with Crippen molar-refractivity contribution < 1.29 is 5.11 Å². The molecular formula is C15H14OTe. The van der Waals surface area contributed by atoms with E-state index in [4.69, 9.17) is 0 Å². The summed E-state index contributed by atoms with van der Waals surface area (Å²) in [6.45, 7) is 0.159.